The van der Waals surface area contributed by atoms with Crippen LogP contribution in [0, 0.1) is 6.92 Å². The average Bonchev–Trinajstić information content (AvgIpc) is 2.90. The minimum Gasteiger partial charge on any atom is -0.388 e. The Balaban J connectivity index is 2.17. The Kier molecular flexibility index (Phi) is 6.53. The van der Waals surface area contributed by atoms with E-state index < -0.39 is 37.3 Å². The van der Waals surface area contributed by atoms with Crippen molar-refractivity contribution in [1.82, 2.24) is 9.55 Å². The molecule has 3 unspecified atom stereocenters. The Hall–Kier alpha value is -1.51. The van der Waals surface area contributed by atoms with Crippen LogP contribution in [0.5, 0.6) is 0 Å². The van der Waals surface area contributed by atoms with E-state index in [0.717, 1.165) is 4.57 Å². The molecule has 0 spiro atoms. The summed E-state index contributed by atoms with van der Waals surface area (Å²) >= 11 is 0. The number of nitrogens with one attached hydrogen (secondary N) is 1. The van der Waals surface area contributed by atoms with E-state index in [4.69, 9.17) is 13.8 Å². The number of aryl methyl sites for hydroxylation is 1. The van der Waals surface area contributed by atoms with Crippen molar-refractivity contribution >= 4 is 7.60 Å². The van der Waals surface area contributed by atoms with Crippen molar-refractivity contribution in [2.75, 3.05) is 13.2 Å². The number of hydrogen-bond acceptors (Lipinski definition) is 7. The number of aromatic nitrogens is 2. The first-order valence-electron chi connectivity index (χ1n) is 8.03. The van der Waals surface area contributed by atoms with Crippen molar-refractivity contribution in [1.29, 1.82) is 0 Å². The molecule has 1 aliphatic rings. The summed E-state index contributed by atoms with van der Waals surface area (Å²) in [5.74, 6) is 1.31. The second-order valence-corrected chi connectivity index (χ2v) is 7.46. The normalized spacial score (nSPS) is 24.2. The summed E-state index contributed by atoms with van der Waals surface area (Å²) in [5.41, 5.74) is -0.829. The first kappa shape index (κ1) is 19.8. The zero-order chi connectivity index (χ0) is 18.6. The van der Waals surface area contributed by atoms with Crippen LogP contribution in [0.1, 0.15) is 32.1 Å². The molecule has 140 valence electrons. The van der Waals surface area contributed by atoms with Crippen molar-refractivity contribution in [3.05, 3.63) is 44.5 Å². The maximum Gasteiger partial charge on any atom is 0.353 e. The molecule has 0 saturated carbocycles. The lowest BCUT2D eigenvalue weighted by Crippen LogP contribution is -2.36. The molecule has 3 atom stereocenters. The van der Waals surface area contributed by atoms with Gasteiger partial charge in [0.1, 0.15) is 6.10 Å². The zero-order valence-electron chi connectivity index (χ0n) is 14.4. The van der Waals surface area contributed by atoms with Gasteiger partial charge in [0, 0.05) is 24.0 Å². The summed E-state index contributed by atoms with van der Waals surface area (Å²) < 4.78 is 29.5. The maximum absolute atomic E-state index is 12.4. The monoisotopic (exact) mass is 374 g/mol. The molecular formula is C15H23N2O7P. The number of ether oxygens (including phenoxy) is 1. The summed E-state index contributed by atoms with van der Waals surface area (Å²) in [5, 5.41) is 10.2. The molecule has 0 radical (unpaired) electrons. The second-order valence-electron chi connectivity index (χ2n) is 5.56. The van der Waals surface area contributed by atoms with E-state index in [0.29, 0.717) is 5.56 Å². The lowest BCUT2D eigenvalue weighted by molar-refractivity contribution is -0.0281. The molecule has 1 saturated heterocycles. The quantitative estimate of drug-likeness (QED) is 0.690. The fourth-order valence-electron chi connectivity index (χ4n) is 2.51. The predicted molar refractivity (Wildman–Crippen MR) is 90.6 cm³/mol. The first-order chi connectivity index (χ1) is 11.8. The number of aromatic amines is 1. The Labute approximate surface area is 144 Å². The van der Waals surface area contributed by atoms with Gasteiger partial charge in [0.2, 0.25) is 0 Å². The fraction of sp³-hybridized carbons (Fsp3) is 0.600. The minimum atomic E-state index is -3.37. The van der Waals surface area contributed by atoms with Gasteiger partial charge in [0.15, 0.2) is 6.23 Å². The smallest absolute Gasteiger partial charge is 0.353 e. The third-order valence-corrected chi connectivity index (χ3v) is 5.41. The molecule has 9 nitrogen and oxygen atoms in total. The van der Waals surface area contributed by atoms with Crippen molar-refractivity contribution in [2.24, 2.45) is 0 Å². The molecule has 2 N–H and O–H groups in total. The molecule has 10 heteroatoms. The van der Waals surface area contributed by atoms with Gasteiger partial charge in [-0.25, -0.2) is 4.79 Å². The Morgan fingerprint density at radius 3 is 2.64 bits per heavy atom. The summed E-state index contributed by atoms with van der Waals surface area (Å²) in [6.07, 6.45) is 0.552. The lowest BCUT2D eigenvalue weighted by Gasteiger charge is -2.17. The molecule has 25 heavy (non-hydrogen) atoms. The van der Waals surface area contributed by atoms with Crippen LogP contribution in [0.2, 0.25) is 0 Å². The topological polar surface area (TPSA) is 120 Å². The van der Waals surface area contributed by atoms with Crippen molar-refractivity contribution < 1.29 is 23.5 Å². The van der Waals surface area contributed by atoms with Crippen LogP contribution in [-0.4, -0.2) is 40.1 Å². The fourth-order valence-corrected chi connectivity index (χ4v) is 3.88. The number of aliphatic hydroxyl groups excluding tert-OH is 1. The van der Waals surface area contributed by atoms with Crippen LogP contribution < -0.4 is 11.2 Å². The number of rotatable bonds is 7. The van der Waals surface area contributed by atoms with Crippen LogP contribution in [-0.2, 0) is 18.3 Å². The highest BCUT2D eigenvalue weighted by molar-refractivity contribution is 7.57. The molecule has 0 aliphatic carbocycles. The van der Waals surface area contributed by atoms with Crippen LogP contribution >= 0.6 is 7.60 Å². The van der Waals surface area contributed by atoms with Gasteiger partial charge in [-0.1, -0.05) is 0 Å². The highest BCUT2D eigenvalue weighted by Crippen LogP contribution is 2.50. The van der Waals surface area contributed by atoms with Crippen LogP contribution in [0.15, 0.2) is 27.7 Å². The maximum atomic E-state index is 12.4. The SMILES string of the molecule is CCOP(=O)(C=CC1CC(O)C(n2cc(C)c(=O)[nH]c2=O)O1)OCC. The molecule has 0 bridgehead atoms. The first-order valence-corrected chi connectivity index (χ1v) is 9.64. The van der Waals surface area contributed by atoms with E-state index in [1.165, 1.54) is 18.1 Å². The predicted octanol–water partition coefficient (Wildman–Crippen LogP) is 1.27. The number of H-pyrrole nitrogens is 1. The summed E-state index contributed by atoms with van der Waals surface area (Å²) in [7, 11) is -3.37. The number of aliphatic hydroxyl groups is 1. The Morgan fingerprint density at radius 1 is 1.40 bits per heavy atom. The summed E-state index contributed by atoms with van der Waals surface area (Å²) in [4.78, 5) is 25.5. The third-order valence-electron chi connectivity index (χ3n) is 3.64. The average molecular weight is 374 g/mol. The Bertz CT molecular complexity index is 775. The van der Waals surface area contributed by atoms with E-state index in [9.17, 15) is 19.3 Å². The van der Waals surface area contributed by atoms with E-state index >= 15 is 0 Å². The van der Waals surface area contributed by atoms with Gasteiger partial charge in [-0.2, -0.15) is 0 Å². The molecule has 1 aliphatic heterocycles. The molecule has 1 fully saturated rings. The van der Waals surface area contributed by atoms with Gasteiger partial charge in [-0.15, -0.1) is 0 Å². The van der Waals surface area contributed by atoms with Gasteiger partial charge in [-0.3, -0.25) is 18.9 Å². The molecule has 1 aromatic rings. The molecule has 2 rings (SSSR count). The van der Waals surface area contributed by atoms with E-state index in [1.807, 2.05) is 0 Å². The summed E-state index contributed by atoms with van der Waals surface area (Å²) in [6, 6.07) is 0. The highest BCUT2D eigenvalue weighted by Gasteiger charge is 2.35. The van der Waals surface area contributed by atoms with E-state index in [1.54, 1.807) is 20.8 Å². The van der Waals surface area contributed by atoms with Crippen LogP contribution in [0.4, 0.5) is 0 Å². The minimum absolute atomic E-state index is 0.198. The van der Waals surface area contributed by atoms with Crippen molar-refractivity contribution in [2.45, 2.75) is 45.6 Å². The second kappa shape index (κ2) is 8.25. The lowest BCUT2D eigenvalue weighted by atomic mass is 10.2. The van der Waals surface area contributed by atoms with E-state index in [-0.39, 0.29) is 19.6 Å². The van der Waals surface area contributed by atoms with E-state index in [2.05, 4.69) is 4.98 Å². The summed E-state index contributed by atoms with van der Waals surface area (Å²) in [6.45, 7) is 5.41. The number of nitrogens with zero attached hydrogens (tertiary/aromatic N) is 1. The molecular weight excluding hydrogens is 351 g/mol. The number of hydrogen-bond donors (Lipinski definition) is 2. The molecule has 0 aromatic carbocycles. The zero-order valence-corrected chi connectivity index (χ0v) is 15.3. The van der Waals surface area contributed by atoms with Gasteiger partial charge in [0.25, 0.3) is 5.56 Å². The Morgan fingerprint density at radius 2 is 2.04 bits per heavy atom. The van der Waals surface area contributed by atoms with Gasteiger partial charge < -0.3 is 18.9 Å². The molecule has 1 aromatic heterocycles. The standard InChI is InChI=1S/C15H23N2O7P/c1-4-22-25(21,23-5-2)7-6-11-8-12(18)14(24-11)17-9-10(3)13(19)16-15(17)20/h6-7,9,11-12,14,18H,4-5,8H2,1-3H3,(H,16,19,20). The molecule has 2 heterocycles. The molecule has 0 amide bonds. The third kappa shape index (κ3) is 4.77. The van der Waals surface area contributed by atoms with Crippen molar-refractivity contribution in [3.63, 3.8) is 0 Å². The van der Waals surface area contributed by atoms with Gasteiger partial charge in [0.05, 0.1) is 19.3 Å². The highest BCUT2D eigenvalue weighted by atomic mass is 31.2. The van der Waals surface area contributed by atoms with Crippen LogP contribution in [0.3, 0.4) is 0 Å². The van der Waals surface area contributed by atoms with Gasteiger partial charge in [-0.05, 0) is 26.8 Å². The van der Waals surface area contributed by atoms with Crippen LogP contribution in [0.25, 0.3) is 0 Å². The largest absolute Gasteiger partial charge is 0.388 e. The van der Waals surface area contributed by atoms with Crippen molar-refractivity contribution in [3.8, 4) is 0 Å². The van der Waals surface area contributed by atoms with Gasteiger partial charge >= 0.3 is 13.3 Å².